The van der Waals surface area contributed by atoms with Gasteiger partial charge < -0.3 is 4.74 Å². The molecule has 0 aliphatic rings. The maximum Gasteiger partial charge on any atom is 0.411 e. The molecule has 0 aromatic carbocycles. The van der Waals surface area contributed by atoms with Crippen LogP contribution in [0.2, 0.25) is 0 Å². The highest BCUT2D eigenvalue weighted by Crippen LogP contribution is 2.17. The van der Waals surface area contributed by atoms with Crippen molar-refractivity contribution in [3.8, 4) is 0 Å². The van der Waals surface area contributed by atoms with Crippen molar-refractivity contribution in [3.63, 3.8) is 0 Å². The molecule has 0 bridgehead atoms. The molecule has 0 aliphatic heterocycles. The average molecular weight is 239 g/mol. The number of nitrogens with zero attached hydrogens (tertiary/aromatic N) is 1. The van der Waals surface area contributed by atoms with E-state index in [1.54, 1.807) is 0 Å². The van der Waals surface area contributed by atoms with Crippen molar-refractivity contribution in [1.82, 2.24) is 4.98 Å². The molecule has 15 heavy (non-hydrogen) atoms. The van der Waals surface area contributed by atoms with Crippen LogP contribution in [-0.4, -0.2) is 23.6 Å². The summed E-state index contributed by atoms with van der Waals surface area (Å²) >= 11 is 1.10. The van der Waals surface area contributed by atoms with Crippen LogP contribution in [0.25, 0.3) is 0 Å². The fourth-order valence-electron chi connectivity index (χ4n) is 0.793. The maximum atomic E-state index is 11.7. The molecule has 0 saturated heterocycles. The van der Waals surface area contributed by atoms with Crippen LogP contribution < -0.4 is 0 Å². The number of carbonyl (C=O) groups excluding carboxylic acids is 1. The lowest BCUT2D eigenvalue weighted by molar-refractivity contribution is -0.176. The third-order valence-corrected chi connectivity index (χ3v) is 2.23. The molecule has 1 aromatic rings. The molecule has 0 spiro atoms. The van der Waals surface area contributed by atoms with E-state index in [2.05, 4.69) is 9.72 Å². The number of carbonyl (C=O) groups is 1. The Balaban J connectivity index is 2.41. The van der Waals surface area contributed by atoms with E-state index >= 15 is 0 Å². The highest BCUT2D eigenvalue weighted by molar-refractivity contribution is 7.09. The van der Waals surface area contributed by atoms with E-state index in [1.807, 2.05) is 0 Å². The van der Waals surface area contributed by atoms with Gasteiger partial charge in [0.15, 0.2) is 5.78 Å². The molecule has 84 valence electrons. The zero-order valence-electron chi connectivity index (χ0n) is 7.80. The Morgan fingerprint density at radius 2 is 2.27 bits per heavy atom. The first kappa shape index (κ1) is 12.1. The molecular formula is C8H8F3NO2S. The number of rotatable bonds is 4. The number of ether oxygens (including phenoxy) is 1. The van der Waals surface area contributed by atoms with Crippen LogP contribution in [0, 0.1) is 0 Å². The quantitative estimate of drug-likeness (QED) is 0.757. The fourth-order valence-corrected chi connectivity index (χ4v) is 1.56. The smallest absolute Gasteiger partial charge is 0.365 e. The molecule has 3 nitrogen and oxygen atoms in total. The van der Waals surface area contributed by atoms with Gasteiger partial charge in [-0.15, -0.1) is 11.3 Å². The van der Waals surface area contributed by atoms with Crippen LogP contribution in [0.15, 0.2) is 5.38 Å². The number of Topliss-reactive ketones (excluding diaryl/α,β-unsaturated/α-hetero) is 1. The van der Waals surface area contributed by atoms with Gasteiger partial charge in [0.25, 0.3) is 0 Å². The second-order valence-electron chi connectivity index (χ2n) is 2.79. The van der Waals surface area contributed by atoms with E-state index in [9.17, 15) is 18.0 Å². The van der Waals surface area contributed by atoms with Crippen LogP contribution >= 0.6 is 11.3 Å². The molecule has 0 aliphatic carbocycles. The third kappa shape index (κ3) is 4.39. The van der Waals surface area contributed by atoms with Crippen molar-refractivity contribution >= 4 is 17.1 Å². The van der Waals surface area contributed by atoms with Crippen LogP contribution in [0.5, 0.6) is 0 Å². The van der Waals surface area contributed by atoms with E-state index in [1.165, 1.54) is 12.3 Å². The molecule has 0 N–H and O–H groups in total. The van der Waals surface area contributed by atoms with Gasteiger partial charge in [-0.05, 0) is 0 Å². The number of hydrogen-bond acceptors (Lipinski definition) is 4. The van der Waals surface area contributed by atoms with Crippen LogP contribution in [0.1, 0.15) is 22.4 Å². The van der Waals surface area contributed by atoms with Crippen molar-refractivity contribution in [2.75, 3.05) is 6.61 Å². The molecule has 0 amide bonds. The van der Waals surface area contributed by atoms with Crippen LogP contribution in [0.3, 0.4) is 0 Å². The summed E-state index contributed by atoms with van der Waals surface area (Å²) in [5, 5.41) is 1.86. The predicted octanol–water partition coefficient (Wildman–Crippen LogP) is 2.42. The summed E-state index contributed by atoms with van der Waals surface area (Å²) in [6, 6.07) is 0. The zero-order valence-corrected chi connectivity index (χ0v) is 8.61. The van der Waals surface area contributed by atoms with Gasteiger partial charge in [0.2, 0.25) is 0 Å². The third-order valence-electron chi connectivity index (χ3n) is 1.40. The van der Waals surface area contributed by atoms with E-state index < -0.39 is 12.8 Å². The molecule has 0 fully saturated rings. The molecule has 7 heteroatoms. The molecule has 1 rings (SSSR count). The summed E-state index contributed by atoms with van der Waals surface area (Å²) in [5.74, 6) is -0.215. The summed E-state index contributed by atoms with van der Waals surface area (Å²) < 4.78 is 39.5. The first-order valence-electron chi connectivity index (χ1n) is 3.98. The molecule has 0 saturated carbocycles. The van der Waals surface area contributed by atoms with Crippen molar-refractivity contribution in [2.45, 2.75) is 19.7 Å². The van der Waals surface area contributed by atoms with Crippen LogP contribution in [0.4, 0.5) is 13.2 Å². The lowest BCUT2D eigenvalue weighted by Gasteiger charge is -2.05. The van der Waals surface area contributed by atoms with Gasteiger partial charge in [0.1, 0.15) is 17.3 Å². The fraction of sp³-hybridized carbons (Fsp3) is 0.500. The highest BCUT2D eigenvalue weighted by Gasteiger charge is 2.27. The SMILES string of the molecule is CC(=O)c1csc(COCC(F)(F)F)n1. The standard InChI is InChI=1S/C8H8F3NO2S/c1-5(13)6-3-15-7(12-6)2-14-4-8(9,10)11/h3H,2,4H2,1H3. The number of thiazole rings is 1. The summed E-state index contributed by atoms with van der Waals surface area (Å²) in [5.41, 5.74) is 0.255. The lowest BCUT2D eigenvalue weighted by Crippen LogP contribution is -2.16. The monoisotopic (exact) mass is 239 g/mol. The van der Waals surface area contributed by atoms with Crippen molar-refractivity contribution in [1.29, 1.82) is 0 Å². The molecule has 1 heterocycles. The summed E-state index contributed by atoms with van der Waals surface area (Å²) in [7, 11) is 0. The second-order valence-corrected chi connectivity index (χ2v) is 3.73. The maximum absolute atomic E-state index is 11.7. The summed E-state index contributed by atoms with van der Waals surface area (Å²) in [6.07, 6.45) is -4.33. The minimum absolute atomic E-state index is 0.215. The van der Waals surface area contributed by atoms with Crippen molar-refractivity contribution in [3.05, 3.63) is 16.1 Å². The topological polar surface area (TPSA) is 39.2 Å². The van der Waals surface area contributed by atoms with Gasteiger partial charge in [-0.3, -0.25) is 4.79 Å². The number of aromatic nitrogens is 1. The first-order valence-corrected chi connectivity index (χ1v) is 4.86. The molecule has 1 aromatic heterocycles. The van der Waals surface area contributed by atoms with E-state index in [0.717, 1.165) is 11.3 Å². The molecule has 0 radical (unpaired) electrons. The number of alkyl halides is 3. The second kappa shape index (κ2) is 4.71. The molecule has 0 unspecified atom stereocenters. The molecular weight excluding hydrogens is 231 g/mol. The Morgan fingerprint density at radius 3 is 2.73 bits per heavy atom. The largest absolute Gasteiger partial charge is 0.411 e. The minimum atomic E-state index is -4.33. The Hall–Kier alpha value is -0.950. The minimum Gasteiger partial charge on any atom is -0.365 e. The van der Waals surface area contributed by atoms with Gasteiger partial charge in [0.05, 0.1) is 6.61 Å². The van der Waals surface area contributed by atoms with Crippen molar-refractivity contribution in [2.24, 2.45) is 0 Å². The van der Waals surface area contributed by atoms with E-state index in [4.69, 9.17) is 0 Å². The Labute approximate surface area is 87.9 Å². The Morgan fingerprint density at radius 1 is 1.60 bits per heavy atom. The molecule has 0 atom stereocenters. The first-order chi connectivity index (χ1) is 6.88. The number of halogens is 3. The normalized spacial score (nSPS) is 11.7. The van der Waals surface area contributed by atoms with Gasteiger partial charge in [0, 0.05) is 12.3 Å². The van der Waals surface area contributed by atoms with Gasteiger partial charge in [-0.1, -0.05) is 0 Å². The Bertz CT molecular complexity index is 348. The summed E-state index contributed by atoms with van der Waals surface area (Å²) in [6.45, 7) is -0.186. The average Bonchev–Trinajstić information content (AvgIpc) is 2.50. The van der Waals surface area contributed by atoms with Gasteiger partial charge >= 0.3 is 6.18 Å². The predicted molar refractivity (Wildman–Crippen MR) is 47.8 cm³/mol. The van der Waals surface area contributed by atoms with Gasteiger partial charge in [-0.2, -0.15) is 13.2 Å². The lowest BCUT2D eigenvalue weighted by atomic mass is 10.4. The van der Waals surface area contributed by atoms with Crippen molar-refractivity contribution < 1.29 is 22.7 Å². The summed E-state index contributed by atoms with van der Waals surface area (Å²) in [4.78, 5) is 14.6. The Kier molecular flexibility index (Phi) is 3.81. The van der Waals surface area contributed by atoms with E-state index in [0.29, 0.717) is 5.01 Å². The van der Waals surface area contributed by atoms with Gasteiger partial charge in [-0.25, -0.2) is 4.98 Å². The number of ketones is 1. The number of hydrogen-bond donors (Lipinski definition) is 0. The highest BCUT2D eigenvalue weighted by atomic mass is 32.1. The van der Waals surface area contributed by atoms with Crippen LogP contribution in [-0.2, 0) is 11.3 Å². The van der Waals surface area contributed by atoms with E-state index in [-0.39, 0.29) is 18.1 Å². The zero-order chi connectivity index (χ0) is 11.5.